The number of aromatic nitrogens is 2. The number of nitrogens with zero attached hydrogens (tertiary/aromatic N) is 2. The van der Waals surface area contributed by atoms with Gasteiger partial charge < -0.3 is 5.73 Å². The van der Waals surface area contributed by atoms with Crippen molar-refractivity contribution in [3.8, 4) is 11.1 Å². The summed E-state index contributed by atoms with van der Waals surface area (Å²) in [6.07, 6.45) is 1.72. The predicted molar refractivity (Wildman–Crippen MR) is 81.2 cm³/mol. The van der Waals surface area contributed by atoms with E-state index in [1.165, 1.54) is 6.07 Å². The van der Waals surface area contributed by atoms with Crippen LogP contribution in [0.15, 0.2) is 18.2 Å². The van der Waals surface area contributed by atoms with Crippen LogP contribution in [-0.4, -0.2) is 9.78 Å². The Bertz CT molecular complexity index is 600. The molecule has 0 atom stereocenters. The van der Waals surface area contributed by atoms with E-state index in [1.807, 2.05) is 0 Å². The molecule has 0 fully saturated rings. The SMILES string of the molecule is CC(C)CCc1nn(C)c(N)c1-c1c(F)cccc1Cl. The molecule has 0 saturated heterocycles. The average Bonchev–Trinajstić information content (AvgIpc) is 2.64. The van der Waals surface area contributed by atoms with Gasteiger partial charge in [0.2, 0.25) is 0 Å². The van der Waals surface area contributed by atoms with Crippen molar-refractivity contribution in [2.75, 3.05) is 5.73 Å². The van der Waals surface area contributed by atoms with Crippen LogP contribution in [0, 0.1) is 11.7 Å². The predicted octanol–water partition coefficient (Wildman–Crippen LogP) is 4.05. The van der Waals surface area contributed by atoms with E-state index in [0.717, 1.165) is 18.5 Å². The van der Waals surface area contributed by atoms with Crippen molar-refractivity contribution in [2.24, 2.45) is 13.0 Å². The largest absolute Gasteiger partial charge is 0.383 e. The van der Waals surface area contributed by atoms with Crippen molar-refractivity contribution in [3.05, 3.63) is 34.7 Å². The van der Waals surface area contributed by atoms with Gasteiger partial charge in [0, 0.05) is 12.6 Å². The topological polar surface area (TPSA) is 43.8 Å². The van der Waals surface area contributed by atoms with Gasteiger partial charge in [0.1, 0.15) is 11.6 Å². The molecule has 0 radical (unpaired) electrons. The second-order valence-electron chi connectivity index (χ2n) is 5.36. The minimum Gasteiger partial charge on any atom is -0.383 e. The fraction of sp³-hybridized carbons (Fsp3) is 0.400. The monoisotopic (exact) mass is 295 g/mol. The van der Waals surface area contributed by atoms with Gasteiger partial charge in [0.25, 0.3) is 0 Å². The smallest absolute Gasteiger partial charge is 0.132 e. The van der Waals surface area contributed by atoms with Crippen LogP contribution in [0.5, 0.6) is 0 Å². The fourth-order valence-electron chi connectivity index (χ4n) is 2.20. The Morgan fingerprint density at radius 1 is 1.35 bits per heavy atom. The molecule has 0 saturated carbocycles. The Kier molecular flexibility index (Phi) is 4.33. The number of aryl methyl sites for hydroxylation is 2. The zero-order valence-corrected chi connectivity index (χ0v) is 12.7. The lowest BCUT2D eigenvalue weighted by Crippen LogP contribution is -1.98. The second-order valence-corrected chi connectivity index (χ2v) is 5.77. The van der Waals surface area contributed by atoms with Gasteiger partial charge in [-0.1, -0.05) is 31.5 Å². The maximum atomic E-state index is 14.1. The zero-order chi connectivity index (χ0) is 14.9. The fourth-order valence-corrected chi connectivity index (χ4v) is 2.46. The summed E-state index contributed by atoms with van der Waals surface area (Å²) in [6, 6.07) is 4.64. The standard InChI is InChI=1S/C15H19ClFN3/c1-9(2)7-8-12-14(15(18)20(3)19-12)13-10(16)5-4-6-11(13)17/h4-6,9H,7-8,18H2,1-3H3. The molecule has 1 aromatic heterocycles. The molecule has 1 aromatic carbocycles. The molecule has 0 aliphatic carbocycles. The van der Waals surface area contributed by atoms with Crippen molar-refractivity contribution in [3.63, 3.8) is 0 Å². The minimum absolute atomic E-state index is 0.346. The molecule has 5 heteroatoms. The first-order valence-electron chi connectivity index (χ1n) is 6.67. The summed E-state index contributed by atoms with van der Waals surface area (Å²) in [7, 11) is 1.76. The lowest BCUT2D eigenvalue weighted by atomic mass is 9.99. The first-order valence-corrected chi connectivity index (χ1v) is 7.05. The van der Waals surface area contributed by atoms with E-state index in [-0.39, 0.29) is 5.82 Å². The molecule has 0 unspecified atom stereocenters. The van der Waals surface area contributed by atoms with Gasteiger partial charge >= 0.3 is 0 Å². The van der Waals surface area contributed by atoms with Crippen molar-refractivity contribution in [2.45, 2.75) is 26.7 Å². The summed E-state index contributed by atoms with van der Waals surface area (Å²) in [4.78, 5) is 0. The van der Waals surface area contributed by atoms with Gasteiger partial charge in [-0.15, -0.1) is 0 Å². The summed E-state index contributed by atoms with van der Waals surface area (Å²) in [5.41, 5.74) is 7.82. The van der Waals surface area contributed by atoms with Crippen LogP contribution in [0.1, 0.15) is 26.0 Å². The van der Waals surface area contributed by atoms with Crippen molar-refractivity contribution in [1.82, 2.24) is 9.78 Å². The van der Waals surface area contributed by atoms with Crippen molar-refractivity contribution in [1.29, 1.82) is 0 Å². The molecule has 0 spiro atoms. The third-order valence-corrected chi connectivity index (χ3v) is 3.65. The van der Waals surface area contributed by atoms with Gasteiger partial charge in [-0.25, -0.2) is 4.39 Å². The van der Waals surface area contributed by atoms with E-state index in [1.54, 1.807) is 23.9 Å². The van der Waals surface area contributed by atoms with E-state index in [4.69, 9.17) is 17.3 Å². The van der Waals surface area contributed by atoms with Gasteiger partial charge in [0.15, 0.2) is 0 Å². The van der Waals surface area contributed by atoms with Crippen LogP contribution < -0.4 is 5.73 Å². The number of anilines is 1. The minimum atomic E-state index is -0.372. The van der Waals surface area contributed by atoms with Gasteiger partial charge in [-0.05, 0) is 30.9 Å². The van der Waals surface area contributed by atoms with Crippen LogP contribution >= 0.6 is 11.6 Å². The summed E-state index contributed by atoms with van der Waals surface area (Å²) in [6.45, 7) is 4.28. The van der Waals surface area contributed by atoms with Crippen LogP contribution in [0.25, 0.3) is 11.1 Å². The van der Waals surface area contributed by atoms with Gasteiger partial charge in [-0.3, -0.25) is 4.68 Å². The Balaban J connectivity index is 2.55. The van der Waals surface area contributed by atoms with Gasteiger partial charge in [0.05, 0.1) is 16.3 Å². The molecule has 0 bridgehead atoms. The molecule has 0 aliphatic rings. The summed E-state index contributed by atoms with van der Waals surface area (Å²) in [5.74, 6) is 0.612. The molecule has 108 valence electrons. The Morgan fingerprint density at radius 2 is 2.05 bits per heavy atom. The highest BCUT2D eigenvalue weighted by Gasteiger charge is 2.21. The van der Waals surface area contributed by atoms with Crippen LogP contribution in [0.4, 0.5) is 10.2 Å². The van der Waals surface area contributed by atoms with Gasteiger partial charge in [-0.2, -0.15) is 5.10 Å². The first kappa shape index (κ1) is 14.9. The highest BCUT2D eigenvalue weighted by molar-refractivity contribution is 6.33. The van der Waals surface area contributed by atoms with Crippen molar-refractivity contribution < 1.29 is 4.39 Å². The van der Waals surface area contributed by atoms with E-state index in [0.29, 0.717) is 27.9 Å². The maximum Gasteiger partial charge on any atom is 0.132 e. The Morgan fingerprint density at radius 3 is 2.65 bits per heavy atom. The molecule has 1 heterocycles. The third-order valence-electron chi connectivity index (χ3n) is 3.34. The van der Waals surface area contributed by atoms with Crippen LogP contribution in [-0.2, 0) is 13.5 Å². The van der Waals surface area contributed by atoms with E-state index < -0.39 is 0 Å². The highest BCUT2D eigenvalue weighted by atomic mass is 35.5. The molecule has 2 N–H and O–H groups in total. The first-order chi connectivity index (χ1) is 9.41. The molecular weight excluding hydrogens is 277 g/mol. The molecular formula is C15H19ClFN3. The zero-order valence-electron chi connectivity index (χ0n) is 12.0. The lowest BCUT2D eigenvalue weighted by Gasteiger charge is -2.08. The normalized spacial score (nSPS) is 11.3. The molecule has 0 aliphatic heterocycles. The number of hydrogen-bond acceptors (Lipinski definition) is 2. The highest BCUT2D eigenvalue weighted by Crippen LogP contribution is 2.37. The molecule has 2 rings (SSSR count). The summed E-state index contributed by atoms with van der Waals surface area (Å²) in [5, 5.41) is 4.76. The number of halogens is 2. The third kappa shape index (κ3) is 2.80. The molecule has 3 nitrogen and oxygen atoms in total. The summed E-state index contributed by atoms with van der Waals surface area (Å²) >= 11 is 6.15. The number of nitrogen functional groups attached to an aromatic ring is 1. The Labute approximate surface area is 123 Å². The Hall–Kier alpha value is -1.55. The van der Waals surface area contributed by atoms with E-state index in [2.05, 4.69) is 18.9 Å². The van der Waals surface area contributed by atoms with Crippen LogP contribution in [0.3, 0.4) is 0 Å². The second kappa shape index (κ2) is 5.83. The molecule has 20 heavy (non-hydrogen) atoms. The quantitative estimate of drug-likeness (QED) is 0.925. The van der Waals surface area contributed by atoms with Crippen molar-refractivity contribution >= 4 is 17.4 Å². The number of hydrogen-bond donors (Lipinski definition) is 1. The number of rotatable bonds is 4. The van der Waals surface area contributed by atoms with E-state index in [9.17, 15) is 4.39 Å². The van der Waals surface area contributed by atoms with E-state index >= 15 is 0 Å². The molecule has 0 amide bonds. The number of nitrogens with two attached hydrogens (primary N) is 1. The molecule has 2 aromatic rings. The van der Waals surface area contributed by atoms with Crippen LogP contribution in [0.2, 0.25) is 5.02 Å². The summed E-state index contributed by atoms with van der Waals surface area (Å²) < 4.78 is 15.7. The lowest BCUT2D eigenvalue weighted by molar-refractivity contribution is 0.576. The number of benzene rings is 1. The average molecular weight is 296 g/mol. The maximum absolute atomic E-state index is 14.1.